The van der Waals surface area contributed by atoms with Gasteiger partial charge in [0.25, 0.3) is 0 Å². The summed E-state index contributed by atoms with van der Waals surface area (Å²) in [4.78, 5) is 14.2. The number of furan rings is 1. The summed E-state index contributed by atoms with van der Waals surface area (Å²) in [5, 5.41) is 13.3. The predicted molar refractivity (Wildman–Crippen MR) is 95.6 cm³/mol. The van der Waals surface area contributed by atoms with Gasteiger partial charge in [-0.2, -0.15) is 0 Å². The number of nitro groups is 1. The number of hydrogen-bond acceptors (Lipinski definition) is 6. The Morgan fingerprint density at radius 3 is 2.72 bits per heavy atom. The Kier molecular flexibility index (Phi) is 5.47. The van der Waals surface area contributed by atoms with E-state index in [0.717, 1.165) is 17.9 Å². The molecule has 0 saturated carbocycles. The second-order valence-electron chi connectivity index (χ2n) is 5.57. The minimum Gasteiger partial charge on any atom is -0.490 e. The van der Waals surface area contributed by atoms with Gasteiger partial charge < -0.3 is 9.15 Å². The first kappa shape index (κ1) is 17.2. The monoisotopic (exact) mass is 358 g/mol. The van der Waals surface area contributed by atoms with Gasteiger partial charge in [-0.25, -0.2) is 0 Å². The van der Waals surface area contributed by atoms with Crippen LogP contribution in [0.25, 0.3) is 0 Å². The van der Waals surface area contributed by atoms with Crippen LogP contribution in [0.3, 0.4) is 0 Å². The van der Waals surface area contributed by atoms with E-state index in [1.54, 1.807) is 29.7 Å². The van der Waals surface area contributed by atoms with Gasteiger partial charge in [0, 0.05) is 24.0 Å². The maximum Gasteiger partial charge on any atom is 0.311 e. The lowest BCUT2D eigenvalue weighted by Crippen LogP contribution is -2.21. The van der Waals surface area contributed by atoms with Crippen LogP contribution < -0.4 is 4.74 Å². The van der Waals surface area contributed by atoms with Crippen molar-refractivity contribution in [2.24, 2.45) is 0 Å². The van der Waals surface area contributed by atoms with Crippen LogP contribution >= 0.6 is 11.3 Å². The Bertz CT molecular complexity index is 779. The van der Waals surface area contributed by atoms with Gasteiger partial charge in [-0.1, -0.05) is 12.1 Å². The second kappa shape index (κ2) is 7.96. The quantitative estimate of drug-likeness (QED) is 0.439. The fraction of sp³-hybridized carbons (Fsp3) is 0.222. The molecule has 0 amide bonds. The minimum atomic E-state index is -0.418. The van der Waals surface area contributed by atoms with Gasteiger partial charge in [-0.15, -0.1) is 11.3 Å². The summed E-state index contributed by atoms with van der Waals surface area (Å²) < 4.78 is 10.5. The Labute approximate surface area is 149 Å². The molecule has 2 heterocycles. The van der Waals surface area contributed by atoms with Gasteiger partial charge in [0.2, 0.25) is 0 Å². The van der Waals surface area contributed by atoms with E-state index in [2.05, 4.69) is 11.0 Å². The van der Waals surface area contributed by atoms with Crippen molar-refractivity contribution in [1.29, 1.82) is 0 Å². The van der Waals surface area contributed by atoms with Gasteiger partial charge in [0.1, 0.15) is 5.76 Å². The number of ether oxygens (including phenoxy) is 1. The summed E-state index contributed by atoms with van der Waals surface area (Å²) in [5.41, 5.74) is 0.838. The van der Waals surface area contributed by atoms with E-state index in [-0.39, 0.29) is 11.4 Å². The largest absolute Gasteiger partial charge is 0.490 e. The molecular weight excluding hydrogens is 340 g/mol. The Morgan fingerprint density at radius 2 is 2.08 bits per heavy atom. The molecule has 0 aliphatic heterocycles. The van der Waals surface area contributed by atoms with E-state index in [1.807, 2.05) is 29.6 Å². The Hall–Kier alpha value is -2.64. The van der Waals surface area contributed by atoms with Crippen molar-refractivity contribution >= 4 is 17.0 Å². The van der Waals surface area contributed by atoms with E-state index in [0.29, 0.717) is 13.1 Å². The number of hydrogen-bond donors (Lipinski definition) is 0. The van der Waals surface area contributed by atoms with Crippen LogP contribution in [-0.2, 0) is 19.6 Å². The van der Waals surface area contributed by atoms with Crippen molar-refractivity contribution < 1.29 is 14.1 Å². The van der Waals surface area contributed by atoms with E-state index >= 15 is 0 Å². The van der Waals surface area contributed by atoms with Gasteiger partial charge in [0.15, 0.2) is 5.75 Å². The molecule has 2 aromatic heterocycles. The number of nitrogens with zero attached hydrogens (tertiary/aromatic N) is 2. The zero-order chi connectivity index (χ0) is 17.6. The molecule has 0 atom stereocenters. The lowest BCUT2D eigenvalue weighted by molar-refractivity contribution is -0.385. The van der Waals surface area contributed by atoms with Crippen LogP contribution in [0.2, 0.25) is 0 Å². The fourth-order valence-corrected chi connectivity index (χ4v) is 3.39. The van der Waals surface area contributed by atoms with Crippen molar-refractivity contribution in [3.8, 4) is 5.75 Å². The third kappa shape index (κ3) is 4.46. The molecule has 0 bridgehead atoms. The average Bonchev–Trinajstić information content (AvgIpc) is 3.28. The third-order valence-corrected chi connectivity index (χ3v) is 4.63. The highest BCUT2D eigenvalue weighted by molar-refractivity contribution is 7.09. The average molecular weight is 358 g/mol. The fourth-order valence-electron chi connectivity index (χ4n) is 2.65. The molecule has 0 N–H and O–H groups in total. The highest BCUT2D eigenvalue weighted by Crippen LogP contribution is 2.28. The van der Waals surface area contributed by atoms with E-state index < -0.39 is 4.92 Å². The van der Waals surface area contributed by atoms with E-state index in [4.69, 9.17) is 9.15 Å². The number of thiophene rings is 1. The molecule has 3 rings (SSSR count). The molecule has 7 heteroatoms. The molecule has 130 valence electrons. The molecule has 6 nitrogen and oxygen atoms in total. The van der Waals surface area contributed by atoms with E-state index in [1.165, 1.54) is 12.0 Å². The van der Waals surface area contributed by atoms with Gasteiger partial charge >= 0.3 is 5.69 Å². The van der Waals surface area contributed by atoms with Crippen LogP contribution in [0.4, 0.5) is 5.69 Å². The molecule has 0 fully saturated rings. The summed E-state index contributed by atoms with van der Waals surface area (Å²) in [6.45, 7) is 1.95. The normalized spacial score (nSPS) is 11.0. The Morgan fingerprint density at radius 1 is 1.20 bits per heavy atom. The summed E-state index contributed by atoms with van der Waals surface area (Å²) in [7, 11) is 1.43. The van der Waals surface area contributed by atoms with Crippen LogP contribution in [0.1, 0.15) is 16.2 Å². The van der Waals surface area contributed by atoms with Gasteiger partial charge in [0.05, 0.1) is 24.8 Å². The lowest BCUT2D eigenvalue weighted by Gasteiger charge is -2.21. The Balaban J connectivity index is 1.81. The third-order valence-electron chi connectivity index (χ3n) is 3.77. The molecule has 3 aromatic rings. The highest BCUT2D eigenvalue weighted by atomic mass is 32.1. The number of methoxy groups -OCH3 is 1. The topological polar surface area (TPSA) is 68.8 Å². The molecule has 25 heavy (non-hydrogen) atoms. The summed E-state index contributed by atoms with van der Waals surface area (Å²) in [5.74, 6) is 1.13. The number of nitro benzene ring substituents is 1. The van der Waals surface area contributed by atoms with Crippen LogP contribution in [0.5, 0.6) is 5.75 Å². The summed E-state index contributed by atoms with van der Waals surface area (Å²) in [6.07, 6.45) is 1.65. The van der Waals surface area contributed by atoms with Gasteiger partial charge in [-0.05, 0) is 35.2 Å². The van der Waals surface area contributed by atoms with Crippen molar-refractivity contribution in [3.63, 3.8) is 0 Å². The summed E-state index contributed by atoms with van der Waals surface area (Å²) in [6, 6.07) is 13.0. The zero-order valence-electron chi connectivity index (χ0n) is 13.8. The maximum atomic E-state index is 11.2. The molecule has 0 aliphatic carbocycles. The van der Waals surface area contributed by atoms with Crippen LogP contribution in [0, 0.1) is 10.1 Å². The first-order chi connectivity index (χ1) is 12.2. The maximum absolute atomic E-state index is 11.2. The van der Waals surface area contributed by atoms with Crippen molar-refractivity contribution in [3.05, 3.63) is 80.4 Å². The molecule has 0 unspecified atom stereocenters. The predicted octanol–water partition coefficient (Wildman–Crippen LogP) is 4.46. The van der Waals surface area contributed by atoms with Crippen LogP contribution in [-0.4, -0.2) is 16.9 Å². The van der Waals surface area contributed by atoms with Crippen LogP contribution in [0.15, 0.2) is 58.5 Å². The van der Waals surface area contributed by atoms with Crippen molar-refractivity contribution in [2.75, 3.05) is 7.11 Å². The first-order valence-corrected chi connectivity index (χ1v) is 8.62. The lowest BCUT2D eigenvalue weighted by atomic mass is 10.1. The number of benzene rings is 1. The first-order valence-electron chi connectivity index (χ1n) is 7.74. The molecule has 0 radical (unpaired) electrons. The van der Waals surface area contributed by atoms with Gasteiger partial charge in [-0.3, -0.25) is 15.0 Å². The molecule has 0 saturated heterocycles. The van der Waals surface area contributed by atoms with Crippen molar-refractivity contribution in [1.82, 2.24) is 4.90 Å². The minimum absolute atomic E-state index is 0.0194. The summed E-state index contributed by atoms with van der Waals surface area (Å²) >= 11 is 1.69. The SMILES string of the molecule is COc1ccc(CN(Cc2ccco2)Cc2cccs2)cc1[N+](=O)[O-]. The van der Waals surface area contributed by atoms with Crippen molar-refractivity contribution in [2.45, 2.75) is 19.6 Å². The molecule has 1 aromatic carbocycles. The number of rotatable bonds is 8. The molecular formula is C18H18N2O4S. The van der Waals surface area contributed by atoms with E-state index in [9.17, 15) is 10.1 Å². The standard InChI is InChI=1S/C18H18N2O4S/c1-23-18-7-6-14(10-17(18)20(21)22)11-19(12-15-4-2-8-24-15)13-16-5-3-9-25-16/h2-10H,11-13H2,1H3. The molecule has 0 spiro atoms. The highest BCUT2D eigenvalue weighted by Gasteiger charge is 2.17. The smallest absolute Gasteiger partial charge is 0.311 e. The zero-order valence-corrected chi connectivity index (χ0v) is 14.6. The second-order valence-corrected chi connectivity index (χ2v) is 6.60. The molecule has 0 aliphatic rings.